The average Bonchev–Trinajstić information content (AvgIpc) is 2.60. The fraction of sp³-hybridized carbons (Fsp3) is 0.316. The van der Waals surface area contributed by atoms with Gasteiger partial charge >= 0.3 is 5.97 Å². The summed E-state index contributed by atoms with van der Waals surface area (Å²) in [5.74, 6) is -0.121. The fourth-order valence-electron chi connectivity index (χ4n) is 2.48. The molecule has 0 aliphatic carbocycles. The Kier molecular flexibility index (Phi) is 4.89. The summed E-state index contributed by atoms with van der Waals surface area (Å²) in [6, 6.07) is 7.07. The van der Waals surface area contributed by atoms with Gasteiger partial charge in [0.2, 0.25) is 11.8 Å². The number of esters is 1. The van der Waals surface area contributed by atoms with Gasteiger partial charge in [-0.25, -0.2) is 14.8 Å². The van der Waals surface area contributed by atoms with Crippen molar-refractivity contribution in [3.05, 3.63) is 36.0 Å². The Bertz CT molecular complexity index is 998. The van der Waals surface area contributed by atoms with Crippen LogP contribution in [0.4, 0.5) is 5.95 Å². The first-order valence-electron chi connectivity index (χ1n) is 8.54. The van der Waals surface area contributed by atoms with E-state index in [1.165, 1.54) is 6.20 Å². The molecule has 0 bridgehead atoms. The molecule has 140 valence electrons. The summed E-state index contributed by atoms with van der Waals surface area (Å²) < 4.78 is 11.0. The highest BCUT2D eigenvalue weighted by Crippen LogP contribution is 2.27. The van der Waals surface area contributed by atoms with Crippen molar-refractivity contribution in [3.63, 3.8) is 0 Å². The van der Waals surface area contributed by atoms with E-state index in [1.54, 1.807) is 18.2 Å². The van der Waals surface area contributed by atoms with Crippen molar-refractivity contribution in [3.8, 4) is 17.1 Å². The van der Waals surface area contributed by atoms with Gasteiger partial charge in [0.05, 0.1) is 24.1 Å². The number of hydrogen-bond donors (Lipinski definition) is 1. The van der Waals surface area contributed by atoms with Crippen LogP contribution in [0.1, 0.15) is 38.1 Å². The minimum atomic E-state index is -0.604. The van der Waals surface area contributed by atoms with Gasteiger partial charge in [0, 0.05) is 5.56 Å². The van der Waals surface area contributed by atoms with Crippen LogP contribution in [0.25, 0.3) is 22.4 Å². The van der Waals surface area contributed by atoms with Gasteiger partial charge in [-0.1, -0.05) is 18.2 Å². The van der Waals surface area contributed by atoms with Gasteiger partial charge in [-0.15, -0.1) is 0 Å². The number of carbonyl (C=O) groups excluding carboxylic acids is 1. The van der Waals surface area contributed by atoms with Crippen molar-refractivity contribution in [2.24, 2.45) is 0 Å². The molecule has 2 aromatic heterocycles. The number of nitrogens with zero attached hydrogens (tertiary/aromatic N) is 4. The second kappa shape index (κ2) is 7.14. The number of fused-ring (bicyclic) bond motifs is 1. The predicted octanol–water partition coefficient (Wildman–Crippen LogP) is 3.02. The van der Waals surface area contributed by atoms with Gasteiger partial charge in [0.1, 0.15) is 5.60 Å². The Morgan fingerprint density at radius 2 is 1.89 bits per heavy atom. The number of carbonyl (C=O) groups is 1. The molecule has 0 aliphatic heterocycles. The van der Waals surface area contributed by atoms with E-state index in [-0.39, 0.29) is 11.8 Å². The van der Waals surface area contributed by atoms with Gasteiger partial charge < -0.3 is 15.2 Å². The van der Waals surface area contributed by atoms with Gasteiger partial charge in [-0.05, 0) is 33.8 Å². The molecule has 0 saturated carbocycles. The maximum atomic E-state index is 12.6. The maximum Gasteiger partial charge on any atom is 0.339 e. The molecule has 8 nitrogen and oxygen atoms in total. The third kappa shape index (κ3) is 4.11. The van der Waals surface area contributed by atoms with Crippen molar-refractivity contribution in [1.29, 1.82) is 0 Å². The van der Waals surface area contributed by atoms with Crippen LogP contribution < -0.4 is 10.5 Å². The molecule has 8 heteroatoms. The summed E-state index contributed by atoms with van der Waals surface area (Å²) in [7, 11) is 0. The highest BCUT2D eigenvalue weighted by atomic mass is 16.6. The Labute approximate surface area is 156 Å². The van der Waals surface area contributed by atoms with Crippen LogP contribution in [0.3, 0.4) is 0 Å². The number of hydrogen-bond acceptors (Lipinski definition) is 8. The van der Waals surface area contributed by atoms with Crippen LogP contribution in [0.15, 0.2) is 30.5 Å². The van der Waals surface area contributed by atoms with Crippen molar-refractivity contribution in [1.82, 2.24) is 19.9 Å². The minimum Gasteiger partial charge on any atom is -0.476 e. The van der Waals surface area contributed by atoms with E-state index in [4.69, 9.17) is 15.2 Å². The third-order valence-electron chi connectivity index (χ3n) is 3.50. The van der Waals surface area contributed by atoms with Crippen LogP contribution in [0.2, 0.25) is 0 Å². The molecule has 0 fully saturated rings. The Morgan fingerprint density at radius 1 is 1.15 bits per heavy atom. The van der Waals surface area contributed by atoms with Gasteiger partial charge in [-0.2, -0.15) is 9.97 Å². The number of rotatable bonds is 4. The number of nitrogens with two attached hydrogens (primary N) is 1. The van der Waals surface area contributed by atoms with Crippen LogP contribution in [-0.2, 0) is 4.74 Å². The Hall–Kier alpha value is -3.29. The zero-order chi connectivity index (χ0) is 19.6. The Morgan fingerprint density at radius 3 is 2.59 bits per heavy atom. The molecular weight excluding hydrogens is 346 g/mol. The molecule has 0 amide bonds. The summed E-state index contributed by atoms with van der Waals surface area (Å²) in [4.78, 5) is 29.6. The SMILES string of the molecule is CCOc1nc(N)nc2ncc(-c3ccccc3C(=O)OC(C)(C)C)nc12. The summed E-state index contributed by atoms with van der Waals surface area (Å²) in [6.07, 6.45) is 1.54. The van der Waals surface area contributed by atoms with Crippen LogP contribution in [0.5, 0.6) is 5.88 Å². The van der Waals surface area contributed by atoms with E-state index in [9.17, 15) is 4.79 Å². The average molecular weight is 367 g/mol. The van der Waals surface area contributed by atoms with Crippen LogP contribution in [-0.4, -0.2) is 38.1 Å². The van der Waals surface area contributed by atoms with E-state index in [1.807, 2.05) is 33.8 Å². The third-order valence-corrected chi connectivity index (χ3v) is 3.50. The molecule has 0 aliphatic rings. The van der Waals surface area contributed by atoms with Crippen LogP contribution in [0, 0.1) is 0 Å². The number of ether oxygens (including phenoxy) is 2. The lowest BCUT2D eigenvalue weighted by atomic mass is 10.0. The van der Waals surface area contributed by atoms with E-state index >= 15 is 0 Å². The second-order valence-corrected chi connectivity index (χ2v) is 6.79. The molecule has 0 radical (unpaired) electrons. The molecule has 2 N–H and O–H groups in total. The normalized spacial score (nSPS) is 11.4. The highest BCUT2D eigenvalue weighted by molar-refractivity contribution is 5.97. The second-order valence-electron chi connectivity index (χ2n) is 6.79. The molecule has 0 unspecified atom stereocenters. The predicted molar refractivity (Wildman–Crippen MR) is 101 cm³/mol. The largest absolute Gasteiger partial charge is 0.476 e. The smallest absolute Gasteiger partial charge is 0.339 e. The van der Waals surface area contributed by atoms with E-state index in [2.05, 4.69) is 19.9 Å². The van der Waals surface area contributed by atoms with Gasteiger partial charge in [-0.3, -0.25) is 0 Å². The molecule has 3 rings (SSSR count). The molecule has 27 heavy (non-hydrogen) atoms. The number of anilines is 1. The van der Waals surface area contributed by atoms with E-state index in [0.717, 1.165) is 0 Å². The standard InChI is InChI=1S/C19H21N5O3/c1-5-26-16-14-15(23-18(20)24-16)21-10-13(22-14)11-8-6-7-9-12(11)17(25)27-19(2,3)4/h6-10H,5H2,1-4H3,(H2,20,21,23,24). The Balaban J connectivity index is 2.12. The topological polar surface area (TPSA) is 113 Å². The molecular formula is C19H21N5O3. The van der Waals surface area contributed by atoms with E-state index < -0.39 is 11.6 Å². The lowest BCUT2D eigenvalue weighted by molar-refractivity contribution is 0.00704. The summed E-state index contributed by atoms with van der Waals surface area (Å²) in [5.41, 5.74) is 7.27. The molecule has 2 heterocycles. The molecule has 0 atom stereocenters. The highest BCUT2D eigenvalue weighted by Gasteiger charge is 2.22. The maximum absolute atomic E-state index is 12.6. The molecule has 3 aromatic rings. The molecule has 0 spiro atoms. The van der Waals surface area contributed by atoms with Crippen molar-refractivity contribution in [2.75, 3.05) is 12.3 Å². The monoisotopic (exact) mass is 367 g/mol. The van der Waals surface area contributed by atoms with E-state index in [0.29, 0.717) is 34.6 Å². The molecule has 0 saturated heterocycles. The minimum absolute atomic E-state index is 0.0576. The number of benzene rings is 1. The summed E-state index contributed by atoms with van der Waals surface area (Å²) >= 11 is 0. The van der Waals surface area contributed by atoms with Crippen molar-refractivity contribution in [2.45, 2.75) is 33.3 Å². The quantitative estimate of drug-likeness (QED) is 0.700. The van der Waals surface area contributed by atoms with Crippen LogP contribution >= 0.6 is 0 Å². The van der Waals surface area contributed by atoms with Gasteiger partial charge in [0.15, 0.2) is 11.2 Å². The first-order chi connectivity index (χ1) is 12.8. The number of nitrogen functional groups attached to an aromatic ring is 1. The fourth-order valence-corrected chi connectivity index (χ4v) is 2.48. The zero-order valence-corrected chi connectivity index (χ0v) is 15.7. The van der Waals surface area contributed by atoms with Crippen molar-refractivity contribution >= 4 is 23.1 Å². The lowest BCUT2D eigenvalue weighted by Gasteiger charge is -2.20. The molecule has 1 aromatic carbocycles. The first kappa shape index (κ1) is 18.5. The summed E-state index contributed by atoms with van der Waals surface area (Å²) in [5, 5.41) is 0. The van der Waals surface area contributed by atoms with Gasteiger partial charge in [0.25, 0.3) is 0 Å². The summed E-state index contributed by atoms with van der Waals surface area (Å²) in [6.45, 7) is 7.68. The van der Waals surface area contributed by atoms with Crippen molar-refractivity contribution < 1.29 is 14.3 Å². The number of aromatic nitrogens is 4. The lowest BCUT2D eigenvalue weighted by Crippen LogP contribution is -2.24. The first-order valence-corrected chi connectivity index (χ1v) is 8.54. The zero-order valence-electron chi connectivity index (χ0n) is 15.7.